The van der Waals surface area contributed by atoms with Crippen molar-refractivity contribution in [3.8, 4) is 5.88 Å². The summed E-state index contributed by atoms with van der Waals surface area (Å²) in [7, 11) is 3.86. The highest BCUT2D eigenvalue weighted by atomic mass is 19.1. The van der Waals surface area contributed by atoms with Crippen molar-refractivity contribution in [1.82, 2.24) is 9.88 Å². The summed E-state index contributed by atoms with van der Waals surface area (Å²) >= 11 is 0. The van der Waals surface area contributed by atoms with Crippen LogP contribution in [0, 0.1) is 5.82 Å². The van der Waals surface area contributed by atoms with Crippen LogP contribution in [0.4, 0.5) is 4.39 Å². The van der Waals surface area contributed by atoms with E-state index in [1.165, 1.54) is 0 Å². The molecule has 0 atom stereocenters. The summed E-state index contributed by atoms with van der Waals surface area (Å²) in [5.74, 6) is -1.99. The molecule has 0 aliphatic rings. The maximum atomic E-state index is 12.8. The number of aromatic carboxylic acids is 1. The number of carboxylic acid groups (broad SMARTS) is 1. The van der Waals surface area contributed by atoms with E-state index in [4.69, 9.17) is 9.84 Å². The minimum atomic E-state index is -1.25. The van der Waals surface area contributed by atoms with Gasteiger partial charge < -0.3 is 14.7 Å². The molecule has 0 aliphatic heterocycles. The lowest BCUT2D eigenvalue weighted by Crippen LogP contribution is -2.16. The van der Waals surface area contributed by atoms with Crippen LogP contribution in [0.2, 0.25) is 0 Å². The number of rotatable bonds is 6. The Bertz CT molecular complexity index is 396. The highest BCUT2D eigenvalue weighted by Crippen LogP contribution is 2.16. The Labute approximate surface area is 98.8 Å². The summed E-state index contributed by atoms with van der Waals surface area (Å²) in [4.78, 5) is 16.4. The Morgan fingerprint density at radius 1 is 1.59 bits per heavy atom. The fraction of sp³-hybridized carbons (Fsp3) is 0.455. The largest absolute Gasteiger partial charge is 0.477 e. The number of ether oxygens (including phenoxy) is 1. The summed E-state index contributed by atoms with van der Waals surface area (Å²) in [5.41, 5.74) is -0.255. The molecule has 0 spiro atoms. The van der Waals surface area contributed by atoms with Crippen LogP contribution < -0.4 is 4.74 Å². The first-order valence-electron chi connectivity index (χ1n) is 5.17. The van der Waals surface area contributed by atoms with Crippen molar-refractivity contribution in [2.24, 2.45) is 0 Å². The lowest BCUT2D eigenvalue weighted by molar-refractivity contribution is 0.0690. The van der Waals surface area contributed by atoms with Crippen LogP contribution in [0.15, 0.2) is 12.3 Å². The Morgan fingerprint density at radius 3 is 2.88 bits per heavy atom. The molecular weight excluding hydrogens is 227 g/mol. The Balaban J connectivity index is 2.61. The number of pyridine rings is 1. The summed E-state index contributed by atoms with van der Waals surface area (Å²) in [6.45, 7) is 1.17. The SMILES string of the molecule is CN(C)CCCOc1ncc(F)cc1C(=O)O. The number of hydrogen-bond donors (Lipinski definition) is 1. The molecule has 0 aromatic carbocycles. The van der Waals surface area contributed by atoms with E-state index in [1.54, 1.807) is 0 Å². The molecule has 1 aromatic rings. The highest BCUT2D eigenvalue weighted by Gasteiger charge is 2.14. The molecule has 1 rings (SSSR count). The average molecular weight is 242 g/mol. The van der Waals surface area contributed by atoms with Gasteiger partial charge in [0.05, 0.1) is 12.8 Å². The standard InChI is InChI=1S/C11H15FN2O3/c1-14(2)4-3-5-17-10-9(11(15)16)6-8(12)7-13-10/h6-7H,3-5H2,1-2H3,(H,15,16). The lowest BCUT2D eigenvalue weighted by atomic mass is 10.2. The fourth-order valence-electron chi connectivity index (χ4n) is 1.24. The van der Waals surface area contributed by atoms with Gasteiger partial charge in [-0.2, -0.15) is 0 Å². The van der Waals surface area contributed by atoms with Crippen molar-refractivity contribution in [3.63, 3.8) is 0 Å². The van der Waals surface area contributed by atoms with E-state index in [-0.39, 0.29) is 11.4 Å². The Hall–Kier alpha value is -1.69. The van der Waals surface area contributed by atoms with E-state index in [2.05, 4.69) is 4.98 Å². The predicted molar refractivity (Wildman–Crippen MR) is 59.8 cm³/mol. The van der Waals surface area contributed by atoms with Crippen molar-refractivity contribution in [2.45, 2.75) is 6.42 Å². The van der Waals surface area contributed by atoms with Gasteiger partial charge in [0.2, 0.25) is 5.88 Å². The number of aromatic nitrogens is 1. The van der Waals surface area contributed by atoms with E-state index >= 15 is 0 Å². The molecule has 5 nitrogen and oxygen atoms in total. The first kappa shape index (κ1) is 13.4. The zero-order valence-corrected chi connectivity index (χ0v) is 9.81. The van der Waals surface area contributed by atoms with E-state index in [0.29, 0.717) is 6.61 Å². The first-order valence-corrected chi connectivity index (χ1v) is 5.17. The van der Waals surface area contributed by atoms with Crippen LogP contribution in [0.25, 0.3) is 0 Å². The molecule has 1 N–H and O–H groups in total. The predicted octanol–water partition coefficient (Wildman–Crippen LogP) is 1.25. The first-order chi connectivity index (χ1) is 8.00. The zero-order valence-electron chi connectivity index (χ0n) is 9.81. The van der Waals surface area contributed by atoms with Crippen LogP contribution in [-0.4, -0.2) is 48.2 Å². The van der Waals surface area contributed by atoms with E-state index in [0.717, 1.165) is 25.2 Å². The van der Waals surface area contributed by atoms with E-state index < -0.39 is 11.8 Å². The molecule has 1 aromatic heterocycles. The minimum absolute atomic E-state index is 0.0438. The fourth-order valence-corrected chi connectivity index (χ4v) is 1.24. The highest BCUT2D eigenvalue weighted by molar-refractivity contribution is 5.90. The molecule has 0 saturated carbocycles. The van der Waals surface area contributed by atoms with Gasteiger partial charge in [-0.15, -0.1) is 0 Å². The van der Waals surface area contributed by atoms with Gasteiger partial charge in [0.25, 0.3) is 0 Å². The number of carboxylic acids is 1. The second kappa shape index (κ2) is 6.15. The molecule has 0 radical (unpaired) electrons. The second-order valence-electron chi connectivity index (χ2n) is 3.82. The minimum Gasteiger partial charge on any atom is -0.477 e. The van der Waals surface area contributed by atoms with Crippen molar-refractivity contribution in [2.75, 3.05) is 27.2 Å². The molecule has 0 aliphatic carbocycles. The molecule has 94 valence electrons. The molecule has 0 fully saturated rings. The zero-order chi connectivity index (χ0) is 12.8. The van der Waals surface area contributed by atoms with Gasteiger partial charge in [0.15, 0.2) is 0 Å². The smallest absolute Gasteiger partial charge is 0.341 e. The molecule has 0 unspecified atom stereocenters. The summed E-state index contributed by atoms with van der Waals surface area (Å²) < 4.78 is 18.0. The van der Waals surface area contributed by atoms with Crippen molar-refractivity contribution < 1.29 is 19.0 Å². The van der Waals surface area contributed by atoms with Gasteiger partial charge in [-0.3, -0.25) is 0 Å². The van der Waals surface area contributed by atoms with Crippen LogP contribution >= 0.6 is 0 Å². The molecule has 6 heteroatoms. The summed E-state index contributed by atoms with van der Waals surface area (Å²) in [6, 6.07) is 0.899. The Kier molecular flexibility index (Phi) is 4.84. The third-order valence-electron chi connectivity index (χ3n) is 2.04. The average Bonchev–Trinajstić information content (AvgIpc) is 2.25. The maximum absolute atomic E-state index is 12.8. The molecule has 0 bridgehead atoms. The van der Waals surface area contributed by atoms with Gasteiger partial charge in [0, 0.05) is 6.54 Å². The summed E-state index contributed by atoms with van der Waals surface area (Å²) in [6.07, 6.45) is 1.68. The van der Waals surface area contributed by atoms with Crippen molar-refractivity contribution in [1.29, 1.82) is 0 Å². The number of carbonyl (C=O) groups is 1. The number of hydrogen-bond acceptors (Lipinski definition) is 4. The lowest BCUT2D eigenvalue weighted by Gasteiger charge is -2.10. The van der Waals surface area contributed by atoms with E-state index in [9.17, 15) is 9.18 Å². The third-order valence-corrected chi connectivity index (χ3v) is 2.04. The molecular formula is C11H15FN2O3. The van der Waals surface area contributed by atoms with Gasteiger partial charge in [-0.25, -0.2) is 14.2 Å². The van der Waals surface area contributed by atoms with Gasteiger partial charge in [0.1, 0.15) is 11.4 Å². The van der Waals surface area contributed by atoms with Crippen LogP contribution in [-0.2, 0) is 0 Å². The molecule has 17 heavy (non-hydrogen) atoms. The summed E-state index contributed by atoms with van der Waals surface area (Å²) in [5, 5.41) is 8.84. The quantitative estimate of drug-likeness (QED) is 0.761. The Morgan fingerprint density at radius 2 is 2.29 bits per heavy atom. The number of nitrogens with zero attached hydrogens (tertiary/aromatic N) is 2. The second-order valence-corrected chi connectivity index (χ2v) is 3.82. The van der Waals surface area contributed by atoms with Crippen LogP contribution in [0.3, 0.4) is 0 Å². The van der Waals surface area contributed by atoms with Crippen LogP contribution in [0.1, 0.15) is 16.8 Å². The van der Waals surface area contributed by atoms with E-state index in [1.807, 2.05) is 19.0 Å². The third kappa shape index (κ3) is 4.36. The van der Waals surface area contributed by atoms with Gasteiger partial charge in [-0.1, -0.05) is 0 Å². The maximum Gasteiger partial charge on any atom is 0.341 e. The molecule has 1 heterocycles. The molecule has 0 amide bonds. The normalized spacial score (nSPS) is 10.6. The molecule has 0 saturated heterocycles. The van der Waals surface area contributed by atoms with Crippen LogP contribution in [0.5, 0.6) is 5.88 Å². The van der Waals surface area contributed by atoms with Gasteiger partial charge >= 0.3 is 5.97 Å². The number of halogens is 1. The van der Waals surface area contributed by atoms with Gasteiger partial charge in [-0.05, 0) is 26.6 Å². The topological polar surface area (TPSA) is 62.7 Å². The van der Waals surface area contributed by atoms with Crippen molar-refractivity contribution in [3.05, 3.63) is 23.6 Å². The monoisotopic (exact) mass is 242 g/mol. The van der Waals surface area contributed by atoms with Crippen molar-refractivity contribution >= 4 is 5.97 Å².